The predicted octanol–water partition coefficient (Wildman–Crippen LogP) is 5.04. The number of fused-ring (bicyclic) bond motifs is 2. The van der Waals surface area contributed by atoms with Crippen LogP contribution in [0.3, 0.4) is 0 Å². The number of hydrogen-bond donors (Lipinski definition) is 1. The van der Waals surface area contributed by atoms with E-state index in [0.717, 1.165) is 17.9 Å². The van der Waals surface area contributed by atoms with Crippen LogP contribution in [-0.2, 0) is 0 Å². The third kappa shape index (κ3) is 3.24. The van der Waals surface area contributed by atoms with Gasteiger partial charge in [-0.15, -0.1) is 0 Å². The molecule has 3 atom stereocenters. The van der Waals surface area contributed by atoms with Gasteiger partial charge in [0.15, 0.2) is 5.76 Å². The van der Waals surface area contributed by atoms with Crippen LogP contribution in [0.1, 0.15) is 18.6 Å². The third-order valence-electron chi connectivity index (χ3n) is 5.16. The van der Waals surface area contributed by atoms with Gasteiger partial charge in [0.25, 0.3) is 0 Å². The largest absolute Gasteiger partial charge is 0.359 e. The fourth-order valence-corrected chi connectivity index (χ4v) is 4.45. The number of rotatable bonds is 4. The van der Waals surface area contributed by atoms with Gasteiger partial charge in [0.05, 0.1) is 10.0 Å². The third-order valence-corrected chi connectivity index (χ3v) is 5.79. The molecule has 2 amide bonds. The first-order valence-electron chi connectivity index (χ1n) is 8.68. The summed E-state index contributed by atoms with van der Waals surface area (Å²) in [6, 6.07) is 4.38. The van der Waals surface area contributed by atoms with Crippen molar-refractivity contribution in [3.05, 3.63) is 46.2 Å². The van der Waals surface area contributed by atoms with Crippen LogP contribution in [0, 0.1) is 24.7 Å². The zero-order valence-electron chi connectivity index (χ0n) is 14.6. The van der Waals surface area contributed by atoms with Crippen molar-refractivity contribution in [2.75, 3.05) is 5.01 Å². The lowest BCUT2D eigenvalue weighted by Gasteiger charge is -2.18. The van der Waals surface area contributed by atoms with Gasteiger partial charge in [0.2, 0.25) is 0 Å². The number of nitrogens with two attached hydrogens (primary N) is 1. The maximum absolute atomic E-state index is 12.2. The summed E-state index contributed by atoms with van der Waals surface area (Å²) in [4.78, 5) is 12.2. The molecule has 140 valence electrons. The van der Waals surface area contributed by atoms with E-state index in [-0.39, 0.29) is 5.92 Å². The second-order valence-electron chi connectivity index (χ2n) is 6.89. The SMILES string of the molecule is Cc1onc(-c2c(Cl)cccc2Cl)c1N(/N=C/C1CC2C=CC1C2)C(N)=O. The second-order valence-corrected chi connectivity index (χ2v) is 7.71. The van der Waals surface area contributed by atoms with Gasteiger partial charge in [-0.25, -0.2) is 4.79 Å². The summed E-state index contributed by atoms with van der Waals surface area (Å²) >= 11 is 12.6. The van der Waals surface area contributed by atoms with Gasteiger partial charge in [-0.1, -0.05) is 46.6 Å². The smallest absolute Gasteiger partial charge is 0.340 e. The molecule has 1 aromatic carbocycles. The number of carbonyl (C=O) groups excluding carboxylic acids is 1. The molecule has 4 rings (SSSR count). The van der Waals surface area contributed by atoms with Gasteiger partial charge in [0, 0.05) is 17.7 Å². The number of urea groups is 1. The molecule has 0 spiro atoms. The summed E-state index contributed by atoms with van der Waals surface area (Å²) in [7, 11) is 0. The van der Waals surface area contributed by atoms with Crippen LogP contribution < -0.4 is 10.7 Å². The number of halogens is 2. The highest BCUT2D eigenvalue weighted by Gasteiger charge is 2.35. The minimum Gasteiger partial charge on any atom is -0.359 e. The summed E-state index contributed by atoms with van der Waals surface area (Å²) < 4.78 is 5.31. The fourth-order valence-electron chi connectivity index (χ4n) is 3.88. The minimum absolute atomic E-state index is 0.286. The first-order valence-corrected chi connectivity index (χ1v) is 9.44. The van der Waals surface area contributed by atoms with Gasteiger partial charge >= 0.3 is 6.03 Å². The molecule has 3 unspecified atom stereocenters. The average molecular weight is 405 g/mol. The number of aryl methyl sites for hydroxylation is 1. The zero-order chi connectivity index (χ0) is 19.1. The summed E-state index contributed by atoms with van der Waals surface area (Å²) in [6.07, 6.45) is 8.44. The van der Waals surface area contributed by atoms with Crippen LogP contribution in [0.25, 0.3) is 11.3 Å². The number of hydrazone groups is 1. The van der Waals surface area contributed by atoms with Crippen LogP contribution in [0.4, 0.5) is 10.5 Å². The van der Waals surface area contributed by atoms with E-state index in [9.17, 15) is 4.79 Å². The van der Waals surface area contributed by atoms with Crippen molar-refractivity contribution in [1.82, 2.24) is 5.16 Å². The second kappa shape index (κ2) is 7.02. The van der Waals surface area contributed by atoms with E-state index in [1.54, 1.807) is 31.3 Å². The molecule has 2 aliphatic carbocycles. The molecule has 1 fully saturated rings. The Morgan fingerprint density at radius 1 is 1.33 bits per heavy atom. The quantitative estimate of drug-likeness (QED) is 0.439. The van der Waals surface area contributed by atoms with Crippen LogP contribution in [0.5, 0.6) is 0 Å². The minimum atomic E-state index is -0.735. The topological polar surface area (TPSA) is 84.7 Å². The van der Waals surface area contributed by atoms with Crippen LogP contribution >= 0.6 is 23.2 Å². The molecule has 1 heterocycles. The summed E-state index contributed by atoms with van der Waals surface area (Å²) in [5.41, 5.74) is 6.74. The lowest BCUT2D eigenvalue weighted by molar-refractivity contribution is 0.254. The molecule has 2 bridgehead atoms. The number of allylic oxidation sites excluding steroid dienone is 2. The number of aromatic nitrogens is 1. The van der Waals surface area contributed by atoms with Crippen LogP contribution in [-0.4, -0.2) is 17.4 Å². The number of hydrogen-bond acceptors (Lipinski definition) is 4. The van der Waals surface area contributed by atoms with Crippen molar-refractivity contribution in [1.29, 1.82) is 0 Å². The molecule has 8 heteroatoms. The summed E-state index contributed by atoms with van der Waals surface area (Å²) in [6.45, 7) is 1.68. The zero-order valence-corrected chi connectivity index (χ0v) is 16.1. The van der Waals surface area contributed by atoms with E-state index in [0.29, 0.717) is 44.6 Å². The molecule has 2 aliphatic rings. The van der Waals surface area contributed by atoms with Crippen molar-refractivity contribution >= 4 is 41.1 Å². The molecular formula is C19H18Cl2N4O2. The van der Waals surface area contributed by atoms with Crippen molar-refractivity contribution in [3.63, 3.8) is 0 Å². The van der Waals surface area contributed by atoms with Crippen molar-refractivity contribution in [3.8, 4) is 11.3 Å². The number of carbonyl (C=O) groups is 1. The first kappa shape index (κ1) is 18.1. The lowest BCUT2D eigenvalue weighted by atomic mass is 9.95. The number of amides is 2. The molecular weight excluding hydrogens is 387 g/mol. The normalized spacial score (nSPS) is 23.4. The summed E-state index contributed by atoms with van der Waals surface area (Å²) in [5, 5.41) is 10.3. The standard InChI is InChI=1S/C19H18Cl2N4O2/c1-10-18(17(24-27-10)16-14(20)3-2-4-15(16)21)25(19(22)26)23-9-13-8-11-5-6-12(13)7-11/h2-6,9,11-13H,7-8H2,1H3,(H2,22,26)/b23-9+. The van der Waals surface area contributed by atoms with Crippen LogP contribution in [0.2, 0.25) is 10.0 Å². The highest BCUT2D eigenvalue weighted by atomic mass is 35.5. The molecule has 0 aliphatic heterocycles. The Morgan fingerprint density at radius 3 is 2.67 bits per heavy atom. The Labute approximate surface area is 166 Å². The maximum Gasteiger partial charge on any atom is 0.340 e. The Kier molecular flexibility index (Phi) is 4.70. The monoisotopic (exact) mass is 404 g/mol. The maximum atomic E-state index is 12.2. The van der Waals surface area contributed by atoms with Gasteiger partial charge in [-0.3, -0.25) is 0 Å². The molecule has 1 saturated carbocycles. The number of primary amides is 1. The van der Waals surface area contributed by atoms with Crippen LogP contribution in [0.15, 0.2) is 40.0 Å². The fraction of sp³-hybridized carbons (Fsp3) is 0.316. The van der Waals surface area contributed by atoms with E-state index in [1.807, 2.05) is 0 Å². The van der Waals surface area contributed by atoms with Crippen molar-refractivity contribution in [2.45, 2.75) is 19.8 Å². The molecule has 0 radical (unpaired) electrons. The van der Waals surface area contributed by atoms with E-state index in [4.69, 9.17) is 33.5 Å². The predicted molar refractivity (Wildman–Crippen MR) is 106 cm³/mol. The van der Waals surface area contributed by atoms with Gasteiger partial charge in [0.1, 0.15) is 11.4 Å². The number of benzene rings is 1. The Hall–Kier alpha value is -2.31. The van der Waals surface area contributed by atoms with E-state index < -0.39 is 6.03 Å². The van der Waals surface area contributed by atoms with E-state index >= 15 is 0 Å². The van der Waals surface area contributed by atoms with Gasteiger partial charge in [-0.05, 0) is 43.7 Å². The van der Waals surface area contributed by atoms with Crippen molar-refractivity contribution in [2.24, 2.45) is 28.6 Å². The highest BCUT2D eigenvalue weighted by molar-refractivity contribution is 6.39. The van der Waals surface area contributed by atoms with Gasteiger partial charge < -0.3 is 10.3 Å². The molecule has 1 aromatic heterocycles. The number of anilines is 1. The number of nitrogens with zero attached hydrogens (tertiary/aromatic N) is 3. The Balaban J connectivity index is 1.73. The molecule has 0 saturated heterocycles. The Bertz CT molecular complexity index is 933. The molecule has 6 nitrogen and oxygen atoms in total. The van der Waals surface area contributed by atoms with E-state index in [2.05, 4.69) is 22.4 Å². The molecule has 27 heavy (non-hydrogen) atoms. The lowest BCUT2D eigenvalue weighted by Crippen LogP contribution is -2.32. The molecule has 2 N–H and O–H groups in total. The average Bonchev–Trinajstić information content (AvgIpc) is 3.32. The molecule has 2 aromatic rings. The Morgan fingerprint density at radius 2 is 2.07 bits per heavy atom. The van der Waals surface area contributed by atoms with Crippen molar-refractivity contribution < 1.29 is 9.32 Å². The van der Waals surface area contributed by atoms with E-state index in [1.165, 1.54) is 0 Å². The van der Waals surface area contributed by atoms with Gasteiger partial charge in [-0.2, -0.15) is 10.1 Å². The first-order chi connectivity index (χ1) is 13.0. The summed E-state index contributed by atoms with van der Waals surface area (Å²) in [5.74, 6) is 1.75. The highest BCUT2D eigenvalue weighted by Crippen LogP contribution is 2.43.